The number of hydrogen-bond donors (Lipinski definition) is 0. The first-order valence-corrected chi connectivity index (χ1v) is 5.57. The Morgan fingerprint density at radius 1 is 1.00 bits per heavy atom. The molecule has 0 heterocycles. The minimum Gasteiger partial charge on any atom is -0.197 e. The molecule has 0 saturated carbocycles. The Hall–Kier alpha value is -0.390. The molecule has 0 aliphatic rings. The lowest BCUT2D eigenvalue weighted by Gasteiger charge is -2.04. The summed E-state index contributed by atoms with van der Waals surface area (Å²) in [5, 5.41) is 0. The van der Waals surface area contributed by atoms with Gasteiger partial charge in [-0.3, -0.25) is 0 Å². The third-order valence-corrected chi connectivity index (χ3v) is 1.74. The van der Waals surface area contributed by atoms with Gasteiger partial charge in [0.25, 0.3) is 10.1 Å². The highest BCUT2D eigenvalue weighted by atomic mass is 32.2. The van der Waals surface area contributed by atoms with Crippen molar-refractivity contribution < 1.29 is 38.7 Å². The van der Waals surface area contributed by atoms with Crippen LogP contribution in [0.25, 0.3) is 0 Å². The van der Waals surface area contributed by atoms with E-state index in [1.807, 2.05) is 0 Å². The minimum atomic E-state index is -6.03. The van der Waals surface area contributed by atoms with Crippen LogP contribution in [0.2, 0.25) is 0 Å². The Morgan fingerprint density at radius 2 is 1.38 bits per heavy atom. The summed E-state index contributed by atoms with van der Waals surface area (Å²) in [6.07, 6.45) is 0.318. The molecular formula is C2H3F3O6S2. The van der Waals surface area contributed by atoms with E-state index in [0.717, 1.165) is 0 Å². The smallest absolute Gasteiger partial charge is 0.197 e. The Balaban J connectivity index is 4.59. The van der Waals surface area contributed by atoms with Gasteiger partial charge in [-0.1, -0.05) is 8.67 Å². The van der Waals surface area contributed by atoms with Crippen molar-refractivity contribution in [1.29, 1.82) is 0 Å². The van der Waals surface area contributed by atoms with Gasteiger partial charge in [-0.25, -0.2) is 0 Å². The molecule has 0 amide bonds. The van der Waals surface area contributed by atoms with Crippen LogP contribution in [0, 0.1) is 0 Å². The van der Waals surface area contributed by atoms with Crippen LogP contribution < -0.4 is 0 Å². The summed E-state index contributed by atoms with van der Waals surface area (Å²) >= 11 is 0. The molecule has 0 radical (unpaired) electrons. The molecule has 11 heteroatoms. The van der Waals surface area contributed by atoms with Crippen molar-refractivity contribution >= 4 is 20.2 Å². The van der Waals surface area contributed by atoms with E-state index in [0.29, 0.717) is 6.26 Å². The van der Waals surface area contributed by atoms with Crippen molar-refractivity contribution in [3.63, 3.8) is 0 Å². The summed E-state index contributed by atoms with van der Waals surface area (Å²) < 4.78 is 79.9. The maximum absolute atomic E-state index is 11.4. The highest BCUT2D eigenvalue weighted by molar-refractivity contribution is 7.89. The van der Waals surface area contributed by atoms with Gasteiger partial charge in [0, 0.05) is 0 Å². The molecule has 80 valence electrons. The van der Waals surface area contributed by atoms with Crippen LogP contribution in [-0.4, -0.2) is 28.6 Å². The van der Waals surface area contributed by atoms with E-state index in [2.05, 4.69) is 8.67 Å². The van der Waals surface area contributed by atoms with Crippen molar-refractivity contribution in [2.75, 3.05) is 6.26 Å². The Morgan fingerprint density at radius 3 is 1.62 bits per heavy atom. The van der Waals surface area contributed by atoms with Crippen LogP contribution in [0.15, 0.2) is 0 Å². The van der Waals surface area contributed by atoms with E-state index in [4.69, 9.17) is 0 Å². The van der Waals surface area contributed by atoms with E-state index in [-0.39, 0.29) is 0 Å². The summed E-state index contributed by atoms with van der Waals surface area (Å²) in [6.45, 7) is 0. The highest BCUT2D eigenvalue weighted by Gasteiger charge is 2.49. The Bertz CT molecular complexity index is 361. The van der Waals surface area contributed by atoms with Gasteiger partial charge in [0.15, 0.2) is 0 Å². The Kier molecular flexibility index (Phi) is 3.30. The SMILES string of the molecule is CS(=O)(=O)OOS(=O)(=O)C(F)(F)F. The molecule has 0 atom stereocenters. The van der Waals surface area contributed by atoms with Gasteiger partial charge < -0.3 is 0 Å². The molecule has 0 N–H and O–H groups in total. The van der Waals surface area contributed by atoms with Crippen molar-refractivity contribution in [3.8, 4) is 0 Å². The molecule has 0 aliphatic heterocycles. The first-order chi connectivity index (χ1) is 5.46. The predicted octanol–water partition coefficient (Wildman–Crippen LogP) is -0.256. The first-order valence-electron chi connectivity index (χ1n) is 2.35. The lowest BCUT2D eigenvalue weighted by molar-refractivity contribution is -0.123. The summed E-state index contributed by atoms with van der Waals surface area (Å²) in [5.74, 6) is 0. The molecule has 0 aromatic rings. The first kappa shape index (κ1) is 12.6. The van der Waals surface area contributed by atoms with Crippen LogP contribution >= 0.6 is 0 Å². The molecule has 0 spiro atoms. The normalized spacial score (nSPS) is 14.5. The van der Waals surface area contributed by atoms with Gasteiger partial charge in [-0.2, -0.15) is 30.0 Å². The van der Waals surface area contributed by atoms with Crippen molar-refractivity contribution in [1.82, 2.24) is 0 Å². The zero-order valence-electron chi connectivity index (χ0n) is 5.90. The molecule has 0 saturated heterocycles. The van der Waals surface area contributed by atoms with E-state index >= 15 is 0 Å². The molecule has 0 bridgehead atoms. The number of halogens is 3. The third-order valence-electron chi connectivity index (χ3n) is 0.524. The topological polar surface area (TPSA) is 86.7 Å². The van der Waals surface area contributed by atoms with Gasteiger partial charge >= 0.3 is 15.6 Å². The molecule has 0 aromatic carbocycles. The second-order valence-electron chi connectivity index (χ2n) is 1.74. The standard InChI is InChI=1S/C2H3F3O6S2/c1-12(6,7)10-11-13(8,9)2(3,4)5/h1H3. The highest BCUT2D eigenvalue weighted by Crippen LogP contribution is 2.24. The average molecular weight is 244 g/mol. The van der Waals surface area contributed by atoms with Crippen molar-refractivity contribution in [2.24, 2.45) is 0 Å². The molecule has 0 aromatic heterocycles. The number of alkyl halides is 3. The second kappa shape index (κ2) is 3.40. The lowest BCUT2D eigenvalue weighted by Crippen LogP contribution is -2.26. The molecule has 13 heavy (non-hydrogen) atoms. The van der Waals surface area contributed by atoms with Gasteiger partial charge in [0.1, 0.15) is 0 Å². The molecule has 0 aliphatic carbocycles. The van der Waals surface area contributed by atoms with E-state index in [1.165, 1.54) is 0 Å². The van der Waals surface area contributed by atoms with Crippen LogP contribution in [0.4, 0.5) is 13.2 Å². The average Bonchev–Trinajstić information content (AvgIpc) is 1.79. The summed E-state index contributed by atoms with van der Waals surface area (Å²) in [4.78, 5) is 0. The summed E-state index contributed by atoms with van der Waals surface area (Å²) in [7, 11) is -10.5. The maximum atomic E-state index is 11.4. The fourth-order valence-electron chi connectivity index (χ4n) is 0.126. The lowest BCUT2D eigenvalue weighted by atomic mass is 11.6. The zero-order valence-corrected chi connectivity index (χ0v) is 7.53. The second-order valence-corrected chi connectivity index (χ2v) is 4.79. The number of rotatable bonds is 3. The quantitative estimate of drug-likeness (QED) is 0.386. The molecule has 0 unspecified atom stereocenters. The largest absolute Gasteiger partial charge is 0.525 e. The predicted molar refractivity (Wildman–Crippen MR) is 32.0 cm³/mol. The minimum absolute atomic E-state index is 0.318. The van der Waals surface area contributed by atoms with E-state index in [9.17, 15) is 30.0 Å². The van der Waals surface area contributed by atoms with Gasteiger partial charge in [-0.15, -0.1) is 0 Å². The fraction of sp³-hybridized carbons (Fsp3) is 1.00. The van der Waals surface area contributed by atoms with E-state index < -0.39 is 25.7 Å². The monoisotopic (exact) mass is 244 g/mol. The summed E-state index contributed by atoms with van der Waals surface area (Å²) in [6, 6.07) is 0. The van der Waals surface area contributed by atoms with Crippen LogP contribution in [-0.2, 0) is 28.9 Å². The van der Waals surface area contributed by atoms with Crippen LogP contribution in [0.1, 0.15) is 0 Å². The fourth-order valence-corrected chi connectivity index (χ4v) is 0.899. The Labute approximate surface area is 71.4 Å². The van der Waals surface area contributed by atoms with Crippen LogP contribution in [0.3, 0.4) is 0 Å². The molecular weight excluding hydrogens is 241 g/mol. The molecule has 0 fully saturated rings. The molecule has 0 rings (SSSR count). The van der Waals surface area contributed by atoms with Gasteiger partial charge in [0.05, 0.1) is 6.26 Å². The molecule has 6 nitrogen and oxygen atoms in total. The van der Waals surface area contributed by atoms with Gasteiger partial charge in [0.2, 0.25) is 0 Å². The van der Waals surface area contributed by atoms with Crippen molar-refractivity contribution in [3.05, 3.63) is 0 Å². The summed E-state index contributed by atoms with van der Waals surface area (Å²) in [5.41, 5.74) is -5.72. The maximum Gasteiger partial charge on any atom is 0.525 e. The van der Waals surface area contributed by atoms with Crippen molar-refractivity contribution in [2.45, 2.75) is 5.51 Å². The third kappa shape index (κ3) is 4.40. The zero-order chi connectivity index (χ0) is 10.9. The van der Waals surface area contributed by atoms with Crippen LogP contribution in [0.5, 0.6) is 0 Å². The van der Waals surface area contributed by atoms with E-state index in [1.54, 1.807) is 0 Å². The van der Waals surface area contributed by atoms with Gasteiger partial charge in [-0.05, 0) is 0 Å². The number of hydrogen-bond acceptors (Lipinski definition) is 6.